The number of aryl methyl sites for hydroxylation is 1. The molecule has 1 aliphatic carbocycles. The number of anilines is 1. The van der Waals surface area contributed by atoms with Gasteiger partial charge in [-0.15, -0.1) is 0 Å². The van der Waals surface area contributed by atoms with Gasteiger partial charge in [-0.3, -0.25) is 0 Å². The molecular formula is C19H28N4O. The van der Waals surface area contributed by atoms with Crippen LogP contribution in [0.4, 0.5) is 5.95 Å². The summed E-state index contributed by atoms with van der Waals surface area (Å²) < 4.78 is 2.08. The van der Waals surface area contributed by atoms with E-state index >= 15 is 0 Å². The molecule has 4 rings (SSSR count). The lowest BCUT2D eigenvalue weighted by Crippen LogP contribution is -2.64. The van der Waals surface area contributed by atoms with Gasteiger partial charge < -0.3 is 19.9 Å². The Morgan fingerprint density at radius 3 is 2.67 bits per heavy atom. The van der Waals surface area contributed by atoms with Crippen molar-refractivity contribution in [2.75, 3.05) is 18.9 Å². The second kappa shape index (κ2) is 5.46. The molecule has 2 heterocycles. The van der Waals surface area contributed by atoms with Crippen molar-refractivity contribution in [2.24, 2.45) is 18.4 Å². The number of nitrogens with one attached hydrogen (secondary N) is 1. The minimum atomic E-state index is -0.306. The smallest absolute Gasteiger partial charge is 0.203 e. The van der Waals surface area contributed by atoms with Crippen LogP contribution in [0.3, 0.4) is 0 Å². The molecule has 5 nitrogen and oxygen atoms in total. The molecule has 0 radical (unpaired) electrons. The van der Waals surface area contributed by atoms with Crippen molar-refractivity contribution in [3.05, 3.63) is 24.3 Å². The molecular weight excluding hydrogens is 300 g/mol. The fourth-order valence-corrected chi connectivity index (χ4v) is 5.43. The molecule has 2 aliphatic rings. The molecule has 2 aromatic rings. The first-order chi connectivity index (χ1) is 11.4. The lowest BCUT2D eigenvalue weighted by Gasteiger charge is -2.57. The molecule has 2 N–H and O–H groups in total. The molecule has 1 aromatic heterocycles. The number of imidazole rings is 1. The van der Waals surface area contributed by atoms with Crippen LogP contribution in [-0.2, 0) is 7.05 Å². The molecule has 0 amide bonds. The summed E-state index contributed by atoms with van der Waals surface area (Å²) in [5.41, 5.74) is 2.36. The summed E-state index contributed by atoms with van der Waals surface area (Å²) in [6.07, 6.45) is 1.60. The SMILES string of the molecule is CC(C)C1N(C)CC12C[C@@H](O)[C@H](Nc1nc3ccccc3n1C)C2. The number of aliphatic hydroxyl groups excluding tert-OH is 1. The predicted octanol–water partition coefficient (Wildman–Crippen LogP) is 2.46. The van der Waals surface area contributed by atoms with Crippen molar-refractivity contribution < 1.29 is 5.11 Å². The topological polar surface area (TPSA) is 53.3 Å². The maximum Gasteiger partial charge on any atom is 0.203 e. The van der Waals surface area contributed by atoms with Crippen molar-refractivity contribution in [1.29, 1.82) is 0 Å². The van der Waals surface area contributed by atoms with Crippen LogP contribution in [0.1, 0.15) is 26.7 Å². The minimum absolute atomic E-state index is 0.0791. The average Bonchev–Trinajstić information content (AvgIpc) is 2.99. The Kier molecular flexibility index (Phi) is 3.62. The summed E-state index contributed by atoms with van der Waals surface area (Å²) in [6, 6.07) is 8.80. The van der Waals surface area contributed by atoms with Crippen LogP contribution in [0.5, 0.6) is 0 Å². The first-order valence-electron chi connectivity index (χ1n) is 8.97. The third-order valence-corrected chi connectivity index (χ3v) is 6.11. The third kappa shape index (κ3) is 2.25. The fraction of sp³-hybridized carbons (Fsp3) is 0.632. The monoisotopic (exact) mass is 328 g/mol. The Morgan fingerprint density at radius 1 is 1.25 bits per heavy atom. The molecule has 130 valence electrons. The van der Waals surface area contributed by atoms with Gasteiger partial charge in [0, 0.05) is 25.0 Å². The number of para-hydroxylation sites is 2. The third-order valence-electron chi connectivity index (χ3n) is 6.11. The van der Waals surface area contributed by atoms with E-state index in [9.17, 15) is 5.11 Å². The standard InChI is InChI=1S/C19H28N4O/c1-12(2)17-19(11-22(17)3)9-14(16(24)10-19)21-18-20-13-7-5-6-8-15(13)23(18)4/h5-8,12,14,16-17,24H,9-11H2,1-4H3,(H,20,21)/t14-,16-,17?,19?/m1/s1. The first-order valence-corrected chi connectivity index (χ1v) is 8.97. The zero-order valence-corrected chi connectivity index (χ0v) is 15.0. The van der Waals surface area contributed by atoms with Gasteiger partial charge in [0.15, 0.2) is 0 Å². The van der Waals surface area contributed by atoms with Crippen molar-refractivity contribution in [1.82, 2.24) is 14.5 Å². The number of likely N-dealkylation sites (tertiary alicyclic amines) is 1. The Bertz CT molecular complexity index is 750. The highest BCUT2D eigenvalue weighted by Crippen LogP contribution is 2.52. The number of hydrogen-bond acceptors (Lipinski definition) is 4. The number of benzene rings is 1. The van der Waals surface area contributed by atoms with E-state index in [1.54, 1.807) is 0 Å². The molecule has 2 unspecified atom stereocenters. The number of aliphatic hydroxyl groups is 1. The number of rotatable bonds is 3. The maximum atomic E-state index is 10.7. The van der Waals surface area contributed by atoms with Gasteiger partial charge in [-0.05, 0) is 37.9 Å². The predicted molar refractivity (Wildman–Crippen MR) is 97.1 cm³/mol. The lowest BCUT2D eigenvalue weighted by atomic mass is 9.66. The number of fused-ring (bicyclic) bond motifs is 1. The highest BCUT2D eigenvalue weighted by molar-refractivity contribution is 5.78. The molecule has 24 heavy (non-hydrogen) atoms. The molecule has 0 bridgehead atoms. The van der Waals surface area contributed by atoms with E-state index < -0.39 is 0 Å². The zero-order chi connectivity index (χ0) is 17.1. The van der Waals surface area contributed by atoms with Crippen LogP contribution in [0.2, 0.25) is 0 Å². The lowest BCUT2D eigenvalue weighted by molar-refractivity contribution is -0.0825. The minimum Gasteiger partial charge on any atom is -0.391 e. The molecule has 1 aliphatic heterocycles. The van der Waals surface area contributed by atoms with E-state index in [0.29, 0.717) is 12.0 Å². The molecule has 5 heteroatoms. The number of nitrogens with zero attached hydrogens (tertiary/aromatic N) is 3. The molecule has 2 fully saturated rings. The summed E-state index contributed by atoms with van der Waals surface area (Å²) >= 11 is 0. The summed E-state index contributed by atoms with van der Waals surface area (Å²) in [6.45, 7) is 5.68. The number of aromatic nitrogens is 2. The second-order valence-electron chi connectivity index (χ2n) is 8.18. The van der Waals surface area contributed by atoms with Crippen LogP contribution >= 0.6 is 0 Å². The van der Waals surface area contributed by atoms with Gasteiger partial charge >= 0.3 is 0 Å². The van der Waals surface area contributed by atoms with Gasteiger partial charge in [-0.25, -0.2) is 4.98 Å². The Hall–Kier alpha value is -1.59. The molecule has 4 atom stereocenters. The number of hydrogen-bond donors (Lipinski definition) is 2. The second-order valence-corrected chi connectivity index (χ2v) is 8.18. The molecule has 1 saturated heterocycles. The molecule has 1 spiro atoms. The van der Waals surface area contributed by atoms with Crippen molar-refractivity contribution in [3.8, 4) is 0 Å². The van der Waals surface area contributed by atoms with Crippen LogP contribution < -0.4 is 5.32 Å². The van der Waals surface area contributed by atoms with E-state index in [4.69, 9.17) is 4.98 Å². The van der Waals surface area contributed by atoms with Crippen LogP contribution in [0.25, 0.3) is 11.0 Å². The molecule has 1 saturated carbocycles. The Morgan fingerprint density at radius 2 is 2.00 bits per heavy atom. The van der Waals surface area contributed by atoms with Gasteiger partial charge in [0.1, 0.15) is 0 Å². The van der Waals surface area contributed by atoms with Gasteiger partial charge in [0.2, 0.25) is 5.95 Å². The summed E-state index contributed by atoms with van der Waals surface area (Å²) in [7, 11) is 4.23. The van der Waals surface area contributed by atoms with Crippen LogP contribution in [0.15, 0.2) is 24.3 Å². The van der Waals surface area contributed by atoms with Crippen molar-refractivity contribution in [3.63, 3.8) is 0 Å². The maximum absolute atomic E-state index is 10.7. The zero-order valence-electron chi connectivity index (χ0n) is 15.0. The van der Waals surface area contributed by atoms with Crippen LogP contribution in [0, 0.1) is 11.3 Å². The Balaban J connectivity index is 1.56. The van der Waals surface area contributed by atoms with Crippen molar-refractivity contribution >= 4 is 17.0 Å². The fourth-order valence-electron chi connectivity index (χ4n) is 5.43. The van der Waals surface area contributed by atoms with E-state index in [2.05, 4.69) is 41.7 Å². The van der Waals surface area contributed by atoms with Gasteiger partial charge in [0.05, 0.1) is 23.2 Å². The largest absolute Gasteiger partial charge is 0.391 e. The van der Waals surface area contributed by atoms with Gasteiger partial charge in [-0.2, -0.15) is 0 Å². The highest BCUT2D eigenvalue weighted by atomic mass is 16.3. The molecule has 1 aromatic carbocycles. The van der Waals surface area contributed by atoms with E-state index in [1.165, 1.54) is 0 Å². The average molecular weight is 328 g/mol. The first kappa shape index (κ1) is 15.9. The summed E-state index contributed by atoms with van der Waals surface area (Å²) in [4.78, 5) is 7.14. The quantitative estimate of drug-likeness (QED) is 0.909. The summed E-state index contributed by atoms with van der Waals surface area (Å²) in [5, 5.41) is 14.2. The normalized spacial score (nSPS) is 33.5. The summed E-state index contributed by atoms with van der Waals surface area (Å²) in [5.74, 6) is 1.47. The van der Waals surface area contributed by atoms with Crippen molar-refractivity contribution in [2.45, 2.75) is 44.9 Å². The van der Waals surface area contributed by atoms with E-state index in [1.807, 2.05) is 25.2 Å². The highest BCUT2D eigenvalue weighted by Gasteiger charge is 2.58. The Labute approximate surface area is 143 Å². The van der Waals surface area contributed by atoms with Crippen LogP contribution in [-0.4, -0.2) is 51.3 Å². The van der Waals surface area contributed by atoms with E-state index in [0.717, 1.165) is 36.4 Å². The van der Waals surface area contributed by atoms with Gasteiger partial charge in [-0.1, -0.05) is 26.0 Å². The van der Waals surface area contributed by atoms with E-state index in [-0.39, 0.29) is 17.6 Å². The van der Waals surface area contributed by atoms with Gasteiger partial charge in [0.25, 0.3) is 0 Å².